The fourth-order valence-electron chi connectivity index (χ4n) is 3.68. The summed E-state index contributed by atoms with van der Waals surface area (Å²) < 4.78 is 0. The van der Waals surface area contributed by atoms with Gasteiger partial charge in [-0.05, 0) is 36.9 Å². The van der Waals surface area contributed by atoms with E-state index in [0.717, 1.165) is 23.2 Å². The molecule has 1 heterocycles. The van der Waals surface area contributed by atoms with Crippen LogP contribution >= 0.6 is 0 Å². The molecular formula is C24H23N3O. The van der Waals surface area contributed by atoms with Crippen molar-refractivity contribution >= 4 is 11.7 Å². The molecule has 3 aromatic rings. The van der Waals surface area contributed by atoms with E-state index in [1.54, 1.807) is 0 Å². The largest absolute Gasteiger partial charge is 0.308 e. The van der Waals surface area contributed by atoms with E-state index in [1.807, 2.05) is 86.9 Å². The molecule has 0 atom stereocenters. The van der Waals surface area contributed by atoms with Gasteiger partial charge >= 0.3 is 0 Å². The SMILES string of the molecule is CN(C)Cc1cccc(C2=NC(c3ccccc3)(c3ccccc3)C(=O)N2)c1. The standard InChI is InChI=1S/C24H23N3O/c1-27(2)17-18-10-9-11-19(16-18)22-25-23(28)24(26-22,20-12-5-3-6-13-20)21-14-7-4-8-15-21/h3-16H,17H2,1-2H3,(H,25,26,28). The Balaban J connectivity index is 1.85. The number of hydrogen-bond donors (Lipinski definition) is 1. The van der Waals surface area contributed by atoms with E-state index in [-0.39, 0.29) is 5.91 Å². The second kappa shape index (κ2) is 7.41. The summed E-state index contributed by atoms with van der Waals surface area (Å²) in [7, 11) is 4.08. The van der Waals surface area contributed by atoms with Crippen LogP contribution in [0.1, 0.15) is 22.3 Å². The molecule has 140 valence electrons. The maximum absolute atomic E-state index is 13.3. The Labute approximate surface area is 165 Å². The Kier molecular flexibility index (Phi) is 4.80. The van der Waals surface area contributed by atoms with Crippen molar-refractivity contribution in [1.82, 2.24) is 10.2 Å². The number of carbonyl (C=O) groups excluding carboxylic acids is 1. The number of nitrogens with one attached hydrogen (secondary N) is 1. The predicted octanol–water partition coefficient (Wildman–Crippen LogP) is 3.57. The molecule has 1 N–H and O–H groups in total. The molecule has 1 aliphatic rings. The molecule has 0 saturated carbocycles. The van der Waals surface area contributed by atoms with Gasteiger partial charge < -0.3 is 10.2 Å². The molecular weight excluding hydrogens is 346 g/mol. The van der Waals surface area contributed by atoms with Crippen LogP contribution in [0.4, 0.5) is 0 Å². The van der Waals surface area contributed by atoms with Crippen molar-refractivity contribution in [3.8, 4) is 0 Å². The average molecular weight is 369 g/mol. The van der Waals surface area contributed by atoms with E-state index in [1.165, 1.54) is 5.56 Å². The Morgan fingerprint density at radius 3 is 2.04 bits per heavy atom. The first kappa shape index (κ1) is 18.1. The van der Waals surface area contributed by atoms with Crippen molar-refractivity contribution < 1.29 is 4.79 Å². The van der Waals surface area contributed by atoms with Crippen LogP contribution in [0.25, 0.3) is 0 Å². The van der Waals surface area contributed by atoms with Crippen LogP contribution in [0.5, 0.6) is 0 Å². The first-order chi connectivity index (χ1) is 13.6. The summed E-state index contributed by atoms with van der Waals surface area (Å²) in [5.41, 5.74) is 2.74. The van der Waals surface area contributed by atoms with Crippen LogP contribution in [-0.4, -0.2) is 30.7 Å². The van der Waals surface area contributed by atoms with Gasteiger partial charge in [0.15, 0.2) is 5.54 Å². The fraction of sp³-hybridized carbons (Fsp3) is 0.167. The fourth-order valence-corrected chi connectivity index (χ4v) is 3.68. The minimum absolute atomic E-state index is 0.127. The average Bonchev–Trinajstić information content (AvgIpc) is 3.07. The number of nitrogens with zero attached hydrogens (tertiary/aromatic N) is 2. The van der Waals surface area contributed by atoms with Crippen LogP contribution in [0.3, 0.4) is 0 Å². The number of hydrogen-bond acceptors (Lipinski definition) is 3. The van der Waals surface area contributed by atoms with Gasteiger partial charge in [-0.15, -0.1) is 0 Å². The van der Waals surface area contributed by atoms with Crippen LogP contribution in [0.2, 0.25) is 0 Å². The highest BCUT2D eigenvalue weighted by Crippen LogP contribution is 2.37. The molecule has 0 saturated heterocycles. The molecule has 4 rings (SSSR count). The van der Waals surface area contributed by atoms with Crippen molar-refractivity contribution in [3.63, 3.8) is 0 Å². The van der Waals surface area contributed by atoms with Crippen molar-refractivity contribution in [3.05, 3.63) is 107 Å². The second-order valence-electron chi connectivity index (χ2n) is 7.30. The van der Waals surface area contributed by atoms with E-state index in [9.17, 15) is 4.79 Å². The van der Waals surface area contributed by atoms with Crippen molar-refractivity contribution in [1.29, 1.82) is 0 Å². The molecule has 1 amide bonds. The number of rotatable bonds is 5. The van der Waals surface area contributed by atoms with Gasteiger partial charge in [-0.3, -0.25) is 4.79 Å². The molecule has 0 spiro atoms. The molecule has 0 bridgehead atoms. The van der Waals surface area contributed by atoms with E-state index in [4.69, 9.17) is 4.99 Å². The number of benzene rings is 3. The summed E-state index contributed by atoms with van der Waals surface area (Å²) in [4.78, 5) is 20.4. The summed E-state index contributed by atoms with van der Waals surface area (Å²) in [5, 5.41) is 3.04. The Bertz CT molecular complexity index is 971. The van der Waals surface area contributed by atoms with Gasteiger partial charge in [-0.1, -0.05) is 78.9 Å². The third-order valence-electron chi connectivity index (χ3n) is 4.92. The first-order valence-electron chi connectivity index (χ1n) is 9.36. The topological polar surface area (TPSA) is 44.7 Å². The first-order valence-corrected chi connectivity index (χ1v) is 9.36. The lowest BCUT2D eigenvalue weighted by Gasteiger charge is -2.24. The quantitative estimate of drug-likeness (QED) is 0.747. The van der Waals surface area contributed by atoms with Crippen LogP contribution in [0, 0.1) is 0 Å². The molecule has 0 fully saturated rings. The predicted molar refractivity (Wildman–Crippen MR) is 112 cm³/mol. The number of amides is 1. The second-order valence-corrected chi connectivity index (χ2v) is 7.30. The highest BCUT2D eigenvalue weighted by molar-refractivity contribution is 6.16. The molecule has 28 heavy (non-hydrogen) atoms. The lowest BCUT2D eigenvalue weighted by atomic mass is 9.83. The molecule has 1 aliphatic heterocycles. The Morgan fingerprint density at radius 2 is 1.46 bits per heavy atom. The minimum Gasteiger partial charge on any atom is -0.308 e. The van der Waals surface area contributed by atoms with Crippen molar-refractivity contribution in [2.24, 2.45) is 4.99 Å². The van der Waals surface area contributed by atoms with E-state index < -0.39 is 5.54 Å². The number of amidine groups is 1. The summed E-state index contributed by atoms with van der Waals surface area (Å²) >= 11 is 0. The van der Waals surface area contributed by atoms with Crippen LogP contribution < -0.4 is 5.32 Å². The lowest BCUT2D eigenvalue weighted by Crippen LogP contribution is -2.38. The van der Waals surface area contributed by atoms with Gasteiger partial charge in [0.1, 0.15) is 5.84 Å². The third kappa shape index (κ3) is 3.23. The van der Waals surface area contributed by atoms with Gasteiger partial charge in [0.25, 0.3) is 5.91 Å². The number of aliphatic imine (C=N–C) groups is 1. The van der Waals surface area contributed by atoms with Gasteiger partial charge in [-0.25, -0.2) is 4.99 Å². The van der Waals surface area contributed by atoms with Crippen LogP contribution in [-0.2, 0) is 16.9 Å². The zero-order valence-electron chi connectivity index (χ0n) is 16.1. The summed E-state index contributed by atoms with van der Waals surface area (Å²) in [6.45, 7) is 0.831. The molecule has 4 heteroatoms. The summed E-state index contributed by atoms with van der Waals surface area (Å²) in [6.07, 6.45) is 0. The van der Waals surface area contributed by atoms with Gasteiger partial charge in [0.05, 0.1) is 0 Å². The lowest BCUT2D eigenvalue weighted by molar-refractivity contribution is -0.122. The van der Waals surface area contributed by atoms with Crippen LogP contribution in [0.15, 0.2) is 89.9 Å². The van der Waals surface area contributed by atoms with E-state index in [0.29, 0.717) is 5.84 Å². The van der Waals surface area contributed by atoms with Crippen molar-refractivity contribution in [2.45, 2.75) is 12.1 Å². The molecule has 0 aliphatic carbocycles. The monoisotopic (exact) mass is 369 g/mol. The molecule has 0 unspecified atom stereocenters. The molecule has 4 nitrogen and oxygen atoms in total. The smallest absolute Gasteiger partial charge is 0.262 e. The van der Waals surface area contributed by atoms with Crippen molar-refractivity contribution in [2.75, 3.05) is 14.1 Å². The molecule has 0 aromatic heterocycles. The summed E-state index contributed by atoms with van der Waals surface area (Å²) in [5.74, 6) is 0.483. The Morgan fingerprint density at radius 1 is 0.857 bits per heavy atom. The highest BCUT2D eigenvalue weighted by atomic mass is 16.2. The van der Waals surface area contributed by atoms with E-state index in [2.05, 4.69) is 22.3 Å². The summed E-state index contributed by atoms with van der Waals surface area (Å²) in [6, 6.07) is 27.7. The minimum atomic E-state index is -1.07. The maximum atomic E-state index is 13.3. The number of carbonyl (C=O) groups is 1. The third-order valence-corrected chi connectivity index (χ3v) is 4.92. The maximum Gasteiger partial charge on any atom is 0.262 e. The van der Waals surface area contributed by atoms with Gasteiger partial charge in [-0.2, -0.15) is 0 Å². The van der Waals surface area contributed by atoms with E-state index >= 15 is 0 Å². The van der Waals surface area contributed by atoms with Gasteiger partial charge in [0.2, 0.25) is 0 Å². The zero-order chi connectivity index (χ0) is 19.6. The Hall–Kier alpha value is -3.24. The molecule has 0 radical (unpaired) electrons. The normalized spacial score (nSPS) is 15.4. The highest BCUT2D eigenvalue weighted by Gasteiger charge is 2.46. The zero-order valence-corrected chi connectivity index (χ0v) is 16.1. The van der Waals surface area contributed by atoms with Gasteiger partial charge in [0, 0.05) is 12.1 Å². The molecule has 3 aromatic carbocycles.